The first-order valence-corrected chi connectivity index (χ1v) is 12.6. The lowest BCUT2D eigenvalue weighted by molar-refractivity contribution is -0.137. The number of ether oxygens (including phenoxy) is 1. The highest BCUT2D eigenvalue weighted by Crippen LogP contribution is 2.36. The lowest BCUT2D eigenvalue weighted by atomic mass is 10.00. The standard InChI is InChI=1S/C29H32ClF3N2O2/c1-21(23-10-4-3-5-11-23)19-35(20-24-12-7-14-26(28(24)30)29(31,32)33)15-8-16-37-25-13-6-9-22(17-25)18-27(36)34-2/h3-7,9-14,17,21H,8,15-16,18-20H2,1-2H3,(H,34,36). The van der Waals surface area contributed by atoms with Crippen LogP contribution in [0.1, 0.15) is 41.5 Å². The molecule has 0 aliphatic carbocycles. The van der Waals surface area contributed by atoms with Gasteiger partial charge in [0.15, 0.2) is 0 Å². The second-order valence-corrected chi connectivity index (χ2v) is 9.40. The first-order valence-electron chi connectivity index (χ1n) is 12.2. The van der Waals surface area contributed by atoms with E-state index in [1.807, 2.05) is 42.5 Å². The highest BCUT2D eigenvalue weighted by atomic mass is 35.5. The van der Waals surface area contributed by atoms with Gasteiger partial charge < -0.3 is 10.1 Å². The van der Waals surface area contributed by atoms with Gasteiger partial charge in [0, 0.05) is 26.7 Å². The molecule has 1 unspecified atom stereocenters. The summed E-state index contributed by atoms with van der Waals surface area (Å²) in [6.45, 7) is 4.09. The predicted octanol–water partition coefficient (Wildman–Crippen LogP) is 6.72. The van der Waals surface area contributed by atoms with Crippen LogP contribution in [0.5, 0.6) is 5.75 Å². The SMILES string of the molecule is CNC(=O)Cc1cccc(OCCCN(Cc2cccc(C(F)(F)F)c2Cl)CC(C)c2ccccc2)c1. The van der Waals surface area contributed by atoms with Gasteiger partial charge in [0.2, 0.25) is 5.91 Å². The maximum atomic E-state index is 13.4. The maximum absolute atomic E-state index is 13.4. The highest BCUT2D eigenvalue weighted by molar-refractivity contribution is 6.32. The average Bonchev–Trinajstić information content (AvgIpc) is 2.87. The van der Waals surface area contributed by atoms with Crippen molar-refractivity contribution in [3.63, 3.8) is 0 Å². The van der Waals surface area contributed by atoms with E-state index in [2.05, 4.69) is 29.3 Å². The fourth-order valence-electron chi connectivity index (χ4n) is 4.17. The van der Waals surface area contributed by atoms with Crippen molar-refractivity contribution < 1.29 is 22.7 Å². The molecule has 0 fully saturated rings. The van der Waals surface area contributed by atoms with Crippen molar-refractivity contribution in [1.29, 1.82) is 0 Å². The molecule has 1 atom stereocenters. The van der Waals surface area contributed by atoms with Gasteiger partial charge in [0.25, 0.3) is 0 Å². The van der Waals surface area contributed by atoms with E-state index < -0.39 is 11.7 Å². The molecular weight excluding hydrogens is 501 g/mol. The van der Waals surface area contributed by atoms with Gasteiger partial charge in [-0.2, -0.15) is 13.2 Å². The summed E-state index contributed by atoms with van der Waals surface area (Å²) in [5.41, 5.74) is 1.64. The Morgan fingerprint density at radius 3 is 2.49 bits per heavy atom. The number of hydrogen-bond acceptors (Lipinski definition) is 3. The molecule has 8 heteroatoms. The summed E-state index contributed by atoms with van der Waals surface area (Å²) in [7, 11) is 1.60. The zero-order valence-electron chi connectivity index (χ0n) is 21.0. The number of hydrogen-bond donors (Lipinski definition) is 1. The maximum Gasteiger partial charge on any atom is 0.417 e. The Balaban J connectivity index is 1.67. The van der Waals surface area contributed by atoms with E-state index in [0.717, 1.165) is 17.2 Å². The molecule has 0 aliphatic rings. The zero-order chi connectivity index (χ0) is 26.8. The second-order valence-electron chi connectivity index (χ2n) is 9.02. The Bertz CT molecular complexity index is 1160. The molecule has 0 saturated heterocycles. The topological polar surface area (TPSA) is 41.6 Å². The van der Waals surface area contributed by atoms with Gasteiger partial charge in [-0.05, 0) is 47.2 Å². The van der Waals surface area contributed by atoms with Crippen LogP contribution < -0.4 is 10.1 Å². The van der Waals surface area contributed by atoms with Crippen LogP contribution >= 0.6 is 11.6 Å². The third-order valence-electron chi connectivity index (χ3n) is 6.11. The average molecular weight is 533 g/mol. The first-order chi connectivity index (χ1) is 17.7. The minimum Gasteiger partial charge on any atom is -0.494 e. The van der Waals surface area contributed by atoms with E-state index in [1.54, 1.807) is 13.1 Å². The number of rotatable bonds is 12. The molecule has 37 heavy (non-hydrogen) atoms. The summed E-state index contributed by atoms with van der Waals surface area (Å²) in [5.74, 6) is 0.771. The molecule has 0 spiro atoms. The molecule has 0 saturated carbocycles. The van der Waals surface area contributed by atoms with Crippen molar-refractivity contribution in [2.24, 2.45) is 0 Å². The van der Waals surface area contributed by atoms with Gasteiger partial charge in [-0.15, -0.1) is 0 Å². The molecule has 198 valence electrons. The van der Waals surface area contributed by atoms with Gasteiger partial charge in [-0.1, -0.05) is 73.1 Å². The number of halogens is 4. The lowest BCUT2D eigenvalue weighted by Crippen LogP contribution is -2.30. The molecule has 0 bridgehead atoms. The van der Waals surface area contributed by atoms with Crippen LogP contribution in [0.2, 0.25) is 5.02 Å². The fourth-order valence-corrected chi connectivity index (χ4v) is 4.46. The van der Waals surface area contributed by atoms with Crippen LogP contribution in [0.25, 0.3) is 0 Å². The summed E-state index contributed by atoms with van der Waals surface area (Å²) in [6, 6.07) is 21.5. The summed E-state index contributed by atoms with van der Waals surface area (Å²) in [6.07, 6.45) is -3.57. The lowest BCUT2D eigenvalue weighted by Gasteiger charge is -2.27. The molecule has 1 amide bonds. The molecule has 0 aliphatic heterocycles. The normalized spacial score (nSPS) is 12.4. The Hall–Kier alpha value is -3.03. The molecule has 0 heterocycles. The second kappa shape index (κ2) is 13.5. The van der Waals surface area contributed by atoms with Crippen LogP contribution in [0.3, 0.4) is 0 Å². The monoisotopic (exact) mass is 532 g/mol. The molecule has 3 rings (SSSR count). The van der Waals surface area contributed by atoms with E-state index in [0.29, 0.717) is 44.0 Å². The van der Waals surface area contributed by atoms with Crippen LogP contribution in [0.15, 0.2) is 72.8 Å². The number of nitrogens with one attached hydrogen (secondary N) is 1. The number of likely N-dealkylation sites (N-methyl/N-ethyl adjacent to an activating group) is 1. The Morgan fingerprint density at radius 2 is 1.78 bits per heavy atom. The molecule has 0 radical (unpaired) electrons. The van der Waals surface area contributed by atoms with Crippen molar-refractivity contribution in [2.75, 3.05) is 26.7 Å². The Morgan fingerprint density at radius 1 is 1.05 bits per heavy atom. The quantitative estimate of drug-likeness (QED) is 0.263. The van der Waals surface area contributed by atoms with E-state index >= 15 is 0 Å². The number of alkyl halides is 3. The Labute approximate surface area is 221 Å². The van der Waals surface area contributed by atoms with Gasteiger partial charge in [-0.25, -0.2) is 0 Å². The molecule has 3 aromatic rings. The Kier molecular flexibility index (Phi) is 10.4. The van der Waals surface area contributed by atoms with Gasteiger partial charge in [-0.3, -0.25) is 9.69 Å². The first kappa shape index (κ1) is 28.5. The summed E-state index contributed by atoms with van der Waals surface area (Å²) in [4.78, 5) is 13.8. The van der Waals surface area contributed by atoms with E-state index in [-0.39, 0.29) is 23.3 Å². The number of benzene rings is 3. The van der Waals surface area contributed by atoms with E-state index in [4.69, 9.17) is 16.3 Å². The zero-order valence-corrected chi connectivity index (χ0v) is 21.8. The van der Waals surface area contributed by atoms with Crippen molar-refractivity contribution in [3.05, 3.63) is 100 Å². The summed E-state index contributed by atoms with van der Waals surface area (Å²) >= 11 is 6.19. The van der Waals surface area contributed by atoms with E-state index in [9.17, 15) is 18.0 Å². The van der Waals surface area contributed by atoms with Crippen LogP contribution in [0.4, 0.5) is 13.2 Å². The van der Waals surface area contributed by atoms with E-state index in [1.165, 1.54) is 6.07 Å². The molecule has 3 aromatic carbocycles. The van der Waals surface area contributed by atoms with Crippen molar-refractivity contribution in [3.8, 4) is 5.75 Å². The number of carbonyl (C=O) groups is 1. The summed E-state index contributed by atoms with van der Waals surface area (Å²) in [5, 5.41) is 2.35. The van der Waals surface area contributed by atoms with Crippen molar-refractivity contribution in [1.82, 2.24) is 10.2 Å². The van der Waals surface area contributed by atoms with Crippen LogP contribution in [-0.4, -0.2) is 37.6 Å². The number of carbonyl (C=O) groups excluding carboxylic acids is 1. The van der Waals surface area contributed by atoms with Gasteiger partial charge in [0.05, 0.1) is 23.6 Å². The number of nitrogens with zero attached hydrogens (tertiary/aromatic N) is 1. The van der Waals surface area contributed by atoms with Gasteiger partial charge >= 0.3 is 6.18 Å². The van der Waals surface area contributed by atoms with Crippen molar-refractivity contribution in [2.45, 2.75) is 38.4 Å². The smallest absolute Gasteiger partial charge is 0.417 e. The molecule has 0 aromatic heterocycles. The van der Waals surface area contributed by atoms with Crippen LogP contribution in [0, 0.1) is 0 Å². The molecule has 1 N–H and O–H groups in total. The van der Waals surface area contributed by atoms with Crippen LogP contribution in [-0.2, 0) is 23.9 Å². The molecular formula is C29H32ClF3N2O2. The third kappa shape index (κ3) is 8.79. The third-order valence-corrected chi connectivity index (χ3v) is 6.55. The summed E-state index contributed by atoms with van der Waals surface area (Å²) < 4.78 is 46.1. The fraction of sp³-hybridized carbons (Fsp3) is 0.345. The predicted molar refractivity (Wildman–Crippen MR) is 141 cm³/mol. The highest BCUT2D eigenvalue weighted by Gasteiger charge is 2.34. The van der Waals surface area contributed by atoms with Crippen molar-refractivity contribution >= 4 is 17.5 Å². The van der Waals surface area contributed by atoms with Gasteiger partial charge in [0.1, 0.15) is 5.75 Å². The number of amides is 1. The molecule has 4 nitrogen and oxygen atoms in total. The minimum absolute atomic E-state index is 0.0754. The minimum atomic E-state index is -4.50. The largest absolute Gasteiger partial charge is 0.494 e.